The van der Waals surface area contributed by atoms with Gasteiger partial charge in [-0.3, -0.25) is 14.7 Å². The maximum absolute atomic E-state index is 11.8. The smallest absolute Gasteiger partial charge is 0.217 e. The van der Waals surface area contributed by atoms with E-state index in [2.05, 4.69) is 51.6 Å². The van der Waals surface area contributed by atoms with E-state index in [-0.39, 0.29) is 11.9 Å². The minimum Gasteiger partial charge on any atom is -0.497 e. The third kappa shape index (κ3) is 5.54. The molecule has 2 heterocycles. The van der Waals surface area contributed by atoms with Gasteiger partial charge in [-0.25, -0.2) is 0 Å². The van der Waals surface area contributed by atoms with Gasteiger partial charge >= 0.3 is 0 Å². The van der Waals surface area contributed by atoms with Crippen LogP contribution in [0.15, 0.2) is 72.9 Å². The highest BCUT2D eigenvalue weighted by atomic mass is 16.5. The molecule has 0 unspecified atom stereocenters. The summed E-state index contributed by atoms with van der Waals surface area (Å²) in [4.78, 5) is 18.8. The number of pyridine rings is 1. The molecule has 0 bridgehead atoms. The fraction of sp³-hybridized carbons (Fsp3) is 0.333. The van der Waals surface area contributed by atoms with Gasteiger partial charge in [-0.1, -0.05) is 36.4 Å². The molecule has 1 aromatic heterocycles. The zero-order chi connectivity index (χ0) is 22.3. The van der Waals surface area contributed by atoms with Crippen molar-refractivity contribution >= 4 is 5.91 Å². The molecule has 1 aliphatic rings. The van der Waals surface area contributed by atoms with Crippen molar-refractivity contribution in [3.05, 3.63) is 84.2 Å². The Kier molecular flexibility index (Phi) is 7.17. The van der Waals surface area contributed by atoms with Crippen molar-refractivity contribution in [1.82, 2.24) is 15.2 Å². The van der Waals surface area contributed by atoms with Crippen LogP contribution in [-0.2, 0) is 11.3 Å². The molecule has 1 amide bonds. The van der Waals surface area contributed by atoms with Gasteiger partial charge in [0.1, 0.15) is 5.75 Å². The van der Waals surface area contributed by atoms with Gasteiger partial charge in [0, 0.05) is 19.7 Å². The Morgan fingerprint density at radius 2 is 1.84 bits per heavy atom. The van der Waals surface area contributed by atoms with Crippen molar-refractivity contribution < 1.29 is 9.53 Å². The predicted molar refractivity (Wildman–Crippen MR) is 127 cm³/mol. The highest BCUT2D eigenvalue weighted by Crippen LogP contribution is 2.31. The predicted octanol–water partition coefficient (Wildman–Crippen LogP) is 4.85. The standard InChI is InChI=1S/C27H31N3O2/c1-20(31)29-27(26-8-3-4-15-28-26)23-13-16-30(17-14-23)19-21-6-5-7-24(18-21)22-9-11-25(32-2)12-10-22/h3-12,15,18,23,27H,13-14,16-17,19H2,1-2H3,(H,29,31)/t27-/m1/s1. The summed E-state index contributed by atoms with van der Waals surface area (Å²) in [6, 6.07) is 22.9. The average molecular weight is 430 g/mol. The van der Waals surface area contributed by atoms with Gasteiger partial charge in [0.25, 0.3) is 0 Å². The molecule has 0 spiro atoms. The number of hydrogen-bond acceptors (Lipinski definition) is 4. The van der Waals surface area contributed by atoms with Crippen molar-refractivity contribution in [3.8, 4) is 16.9 Å². The first-order valence-corrected chi connectivity index (χ1v) is 11.3. The summed E-state index contributed by atoms with van der Waals surface area (Å²) in [6.45, 7) is 4.55. The quantitative estimate of drug-likeness (QED) is 0.584. The summed E-state index contributed by atoms with van der Waals surface area (Å²) < 4.78 is 5.27. The summed E-state index contributed by atoms with van der Waals surface area (Å²) in [5.41, 5.74) is 4.69. The van der Waals surface area contributed by atoms with Crippen LogP contribution in [0.2, 0.25) is 0 Å². The first kappa shape index (κ1) is 22.0. The molecule has 32 heavy (non-hydrogen) atoms. The highest BCUT2D eigenvalue weighted by Gasteiger charge is 2.29. The van der Waals surface area contributed by atoms with E-state index in [1.165, 1.54) is 16.7 Å². The molecule has 0 saturated carbocycles. The maximum atomic E-state index is 11.8. The summed E-state index contributed by atoms with van der Waals surface area (Å²) in [7, 11) is 1.69. The van der Waals surface area contributed by atoms with Gasteiger partial charge in [0.2, 0.25) is 5.91 Å². The number of nitrogens with one attached hydrogen (secondary N) is 1. The summed E-state index contributed by atoms with van der Waals surface area (Å²) in [5, 5.41) is 3.14. The van der Waals surface area contributed by atoms with Crippen molar-refractivity contribution in [2.75, 3.05) is 20.2 Å². The highest BCUT2D eigenvalue weighted by molar-refractivity contribution is 5.73. The van der Waals surface area contributed by atoms with E-state index in [4.69, 9.17) is 4.74 Å². The molecule has 5 nitrogen and oxygen atoms in total. The Labute approximate surface area is 190 Å². The molecular formula is C27H31N3O2. The van der Waals surface area contributed by atoms with Crippen LogP contribution in [0.25, 0.3) is 11.1 Å². The van der Waals surface area contributed by atoms with Crippen molar-refractivity contribution in [2.45, 2.75) is 32.4 Å². The normalized spacial score (nSPS) is 15.8. The molecular weight excluding hydrogens is 398 g/mol. The zero-order valence-corrected chi connectivity index (χ0v) is 18.8. The van der Waals surface area contributed by atoms with E-state index in [9.17, 15) is 4.79 Å². The Bertz CT molecular complexity index is 1010. The van der Waals surface area contributed by atoms with Crippen molar-refractivity contribution in [1.29, 1.82) is 0 Å². The number of likely N-dealkylation sites (tertiary alicyclic amines) is 1. The number of ether oxygens (including phenoxy) is 1. The molecule has 5 heteroatoms. The number of piperidine rings is 1. The van der Waals surface area contributed by atoms with E-state index in [0.29, 0.717) is 5.92 Å². The molecule has 166 valence electrons. The third-order valence-electron chi connectivity index (χ3n) is 6.23. The molecule has 3 aromatic rings. The number of benzene rings is 2. The lowest BCUT2D eigenvalue weighted by molar-refractivity contribution is -0.120. The second-order valence-corrected chi connectivity index (χ2v) is 8.48. The van der Waals surface area contributed by atoms with E-state index >= 15 is 0 Å². The molecule has 2 aromatic carbocycles. The molecule has 4 rings (SSSR count). The Morgan fingerprint density at radius 1 is 1.06 bits per heavy atom. The third-order valence-corrected chi connectivity index (χ3v) is 6.23. The molecule has 1 N–H and O–H groups in total. The monoisotopic (exact) mass is 429 g/mol. The molecule has 0 aliphatic carbocycles. The van der Waals surface area contributed by atoms with Crippen LogP contribution >= 0.6 is 0 Å². The van der Waals surface area contributed by atoms with E-state index in [1.54, 1.807) is 20.2 Å². The Hall–Kier alpha value is -3.18. The average Bonchev–Trinajstić information content (AvgIpc) is 2.84. The number of methoxy groups -OCH3 is 1. The number of carbonyl (C=O) groups is 1. The number of rotatable bonds is 7. The Morgan fingerprint density at radius 3 is 2.50 bits per heavy atom. The largest absolute Gasteiger partial charge is 0.497 e. The summed E-state index contributed by atoms with van der Waals surface area (Å²) >= 11 is 0. The van der Waals surface area contributed by atoms with Gasteiger partial charge in [-0.05, 0) is 78.9 Å². The molecule has 1 saturated heterocycles. The van der Waals surface area contributed by atoms with Gasteiger partial charge < -0.3 is 10.1 Å². The van der Waals surface area contributed by atoms with E-state index in [1.807, 2.05) is 30.3 Å². The summed E-state index contributed by atoms with van der Waals surface area (Å²) in [5.74, 6) is 1.27. The number of hydrogen-bond donors (Lipinski definition) is 1. The lowest BCUT2D eigenvalue weighted by Gasteiger charge is -2.36. The van der Waals surface area contributed by atoms with Crippen molar-refractivity contribution in [3.63, 3.8) is 0 Å². The van der Waals surface area contributed by atoms with Gasteiger partial charge in [-0.15, -0.1) is 0 Å². The lowest BCUT2D eigenvalue weighted by Crippen LogP contribution is -2.40. The van der Waals surface area contributed by atoms with Crippen molar-refractivity contribution in [2.24, 2.45) is 5.92 Å². The van der Waals surface area contributed by atoms with Crippen LogP contribution in [-0.4, -0.2) is 36.0 Å². The first-order valence-electron chi connectivity index (χ1n) is 11.3. The number of nitrogens with zero attached hydrogens (tertiary/aromatic N) is 2. The maximum Gasteiger partial charge on any atom is 0.217 e. The lowest BCUT2D eigenvalue weighted by atomic mass is 9.87. The SMILES string of the molecule is COc1ccc(-c2cccc(CN3CCC([C@@H](NC(C)=O)c4ccccn4)CC3)c2)cc1. The van der Waals surface area contributed by atoms with Crippen LogP contribution in [0.1, 0.15) is 37.1 Å². The van der Waals surface area contributed by atoms with Crippen LogP contribution in [0.3, 0.4) is 0 Å². The zero-order valence-electron chi connectivity index (χ0n) is 18.8. The number of carbonyl (C=O) groups excluding carboxylic acids is 1. The molecule has 1 atom stereocenters. The topological polar surface area (TPSA) is 54.5 Å². The fourth-order valence-corrected chi connectivity index (χ4v) is 4.55. The van der Waals surface area contributed by atoms with Gasteiger partial charge in [-0.2, -0.15) is 0 Å². The number of amides is 1. The van der Waals surface area contributed by atoms with Crippen LogP contribution in [0.5, 0.6) is 5.75 Å². The second-order valence-electron chi connectivity index (χ2n) is 8.48. The van der Waals surface area contributed by atoms with Crippen LogP contribution in [0.4, 0.5) is 0 Å². The van der Waals surface area contributed by atoms with E-state index in [0.717, 1.165) is 43.9 Å². The Balaban J connectivity index is 1.39. The molecule has 1 aliphatic heterocycles. The minimum atomic E-state index is -0.0192. The molecule has 1 fully saturated rings. The first-order chi connectivity index (χ1) is 15.6. The molecule has 0 radical (unpaired) electrons. The van der Waals surface area contributed by atoms with Gasteiger partial charge in [0.15, 0.2) is 0 Å². The van der Waals surface area contributed by atoms with Crippen LogP contribution in [0, 0.1) is 5.92 Å². The fourth-order valence-electron chi connectivity index (χ4n) is 4.55. The number of aromatic nitrogens is 1. The van der Waals surface area contributed by atoms with Gasteiger partial charge in [0.05, 0.1) is 18.8 Å². The second kappa shape index (κ2) is 10.4. The van der Waals surface area contributed by atoms with E-state index < -0.39 is 0 Å². The minimum absolute atomic E-state index is 0.00145. The summed E-state index contributed by atoms with van der Waals surface area (Å²) in [6.07, 6.45) is 3.88. The van der Waals surface area contributed by atoms with Crippen LogP contribution < -0.4 is 10.1 Å².